The fourth-order valence-electron chi connectivity index (χ4n) is 3.35. The molecule has 1 aromatic carbocycles. The van der Waals surface area contributed by atoms with Gasteiger partial charge in [-0.1, -0.05) is 12.1 Å². The molecule has 0 aliphatic carbocycles. The van der Waals surface area contributed by atoms with E-state index in [1.54, 1.807) is 25.4 Å². The molecule has 2 aromatic rings. The molecule has 6 nitrogen and oxygen atoms in total. The van der Waals surface area contributed by atoms with Gasteiger partial charge < -0.3 is 14.8 Å². The highest BCUT2D eigenvalue weighted by molar-refractivity contribution is 7.90. The van der Waals surface area contributed by atoms with Gasteiger partial charge in [-0.25, -0.2) is 13.4 Å². The number of methoxy groups -OCH3 is 1. The smallest absolute Gasteiger partial charge is 0.179 e. The molecule has 0 bridgehead atoms. The summed E-state index contributed by atoms with van der Waals surface area (Å²) >= 11 is 0. The van der Waals surface area contributed by atoms with Gasteiger partial charge in [-0.2, -0.15) is 0 Å². The van der Waals surface area contributed by atoms with Crippen LogP contribution in [-0.4, -0.2) is 46.5 Å². The van der Waals surface area contributed by atoms with Gasteiger partial charge in [-0.15, -0.1) is 0 Å². The van der Waals surface area contributed by atoms with E-state index in [4.69, 9.17) is 9.47 Å². The molecule has 1 N–H and O–H groups in total. The van der Waals surface area contributed by atoms with Crippen LogP contribution in [0, 0.1) is 0 Å². The normalized spacial score (nSPS) is 16.8. The van der Waals surface area contributed by atoms with Gasteiger partial charge in [0.25, 0.3) is 0 Å². The van der Waals surface area contributed by atoms with E-state index in [0.29, 0.717) is 25.6 Å². The van der Waals surface area contributed by atoms with Crippen molar-refractivity contribution in [2.24, 2.45) is 0 Å². The summed E-state index contributed by atoms with van der Waals surface area (Å²) in [7, 11) is -1.70. The van der Waals surface area contributed by atoms with Gasteiger partial charge in [0.1, 0.15) is 16.5 Å². The molecule has 1 aliphatic heterocycles. The number of hydrogen-bond donors (Lipinski definition) is 1. The number of hydrogen-bond acceptors (Lipinski definition) is 6. The summed E-state index contributed by atoms with van der Waals surface area (Å²) in [6.07, 6.45) is 4.50. The molecule has 0 unspecified atom stereocenters. The van der Waals surface area contributed by atoms with E-state index in [1.807, 2.05) is 12.1 Å². The molecule has 0 atom stereocenters. The highest BCUT2D eigenvalue weighted by Crippen LogP contribution is 2.36. The van der Waals surface area contributed by atoms with Gasteiger partial charge in [0, 0.05) is 37.6 Å². The van der Waals surface area contributed by atoms with Crippen LogP contribution in [0.25, 0.3) is 0 Å². The number of nitrogens with zero attached hydrogens (tertiary/aromatic N) is 1. The lowest BCUT2D eigenvalue weighted by atomic mass is 9.74. The fraction of sp³-hybridized carbons (Fsp3) is 0.421. The van der Waals surface area contributed by atoms with Crippen LogP contribution >= 0.6 is 0 Å². The van der Waals surface area contributed by atoms with Crippen molar-refractivity contribution in [1.82, 2.24) is 4.98 Å². The first-order chi connectivity index (χ1) is 12.4. The van der Waals surface area contributed by atoms with E-state index >= 15 is 0 Å². The number of anilines is 1. The van der Waals surface area contributed by atoms with Crippen molar-refractivity contribution in [3.63, 3.8) is 0 Å². The Morgan fingerprint density at radius 2 is 1.88 bits per heavy atom. The minimum atomic E-state index is -3.35. The summed E-state index contributed by atoms with van der Waals surface area (Å²) < 4.78 is 34.8. The van der Waals surface area contributed by atoms with E-state index in [1.165, 1.54) is 11.8 Å². The fourth-order valence-corrected chi connectivity index (χ4v) is 4.15. The van der Waals surface area contributed by atoms with Crippen molar-refractivity contribution in [2.45, 2.75) is 23.2 Å². The lowest BCUT2D eigenvalue weighted by Gasteiger charge is -2.38. The van der Waals surface area contributed by atoms with Crippen LogP contribution in [0.5, 0.6) is 5.75 Å². The third-order valence-corrected chi connectivity index (χ3v) is 6.05. The maximum Gasteiger partial charge on any atom is 0.179 e. The summed E-state index contributed by atoms with van der Waals surface area (Å²) in [6.45, 7) is 1.94. The number of pyridine rings is 1. The van der Waals surface area contributed by atoms with Crippen LogP contribution in [0.4, 0.5) is 5.82 Å². The predicted octanol–water partition coefficient (Wildman–Crippen LogP) is 2.65. The molecule has 0 amide bonds. The van der Waals surface area contributed by atoms with E-state index < -0.39 is 9.84 Å². The van der Waals surface area contributed by atoms with Crippen molar-refractivity contribution >= 4 is 15.7 Å². The summed E-state index contributed by atoms with van der Waals surface area (Å²) in [5.74, 6) is 1.21. The summed E-state index contributed by atoms with van der Waals surface area (Å²) in [6, 6.07) is 11.3. The van der Waals surface area contributed by atoms with Crippen LogP contribution < -0.4 is 10.1 Å². The number of nitrogens with one attached hydrogen (secondary N) is 1. The Bertz CT molecular complexity index is 844. The lowest BCUT2D eigenvalue weighted by Crippen LogP contribution is -2.40. The van der Waals surface area contributed by atoms with Crippen molar-refractivity contribution in [3.05, 3.63) is 48.2 Å². The minimum absolute atomic E-state index is 0.142. The third kappa shape index (κ3) is 3.99. The van der Waals surface area contributed by atoms with E-state index in [9.17, 15) is 8.42 Å². The zero-order valence-electron chi connectivity index (χ0n) is 15.1. The summed E-state index contributed by atoms with van der Waals surface area (Å²) in [5.41, 5.74) is 1.04. The van der Waals surface area contributed by atoms with Crippen molar-refractivity contribution < 1.29 is 17.9 Å². The first-order valence-electron chi connectivity index (χ1n) is 8.56. The number of sulfone groups is 1. The van der Waals surface area contributed by atoms with Gasteiger partial charge in [0.15, 0.2) is 9.84 Å². The Morgan fingerprint density at radius 3 is 2.50 bits per heavy atom. The van der Waals surface area contributed by atoms with Crippen LogP contribution in [0.2, 0.25) is 0 Å². The molecular weight excluding hydrogens is 352 g/mol. The topological polar surface area (TPSA) is 77.5 Å². The van der Waals surface area contributed by atoms with Crippen molar-refractivity contribution in [1.29, 1.82) is 0 Å². The van der Waals surface area contributed by atoms with Gasteiger partial charge >= 0.3 is 0 Å². The minimum Gasteiger partial charge on any atom is -0.497 e. The molecule has 0 saturated carbocycles. The number of rotatable bonds is 6. The molecule has 1 saturated heterocycles. The highest BCUT2D eigenvalue weighted by Gasteiger charge is 2.35. The van der Waals surface area contributed by atoms with Crippen molar-refractivity contribution in [2.75, 3.05) is 38.4 Å². The first-order valence-corrected chi connectivity index (χ1v) is 10.4. The van der Waals surface area contributed by atoms with Crippen LogP contribution in [-0.2, 0) is 20.0 Å². The second kappa shape index (κ2) is 7.63. The molecule has 1 aromatic heterocycles. The largest absolute Gasteiger partial charge is 0.497 e. The maximum atomic E-state index is 12.0. The van der Waals surface area contributed by atoms with E-state index in [2.05, 4.69) is 22.4 Å². The highest BCUT2D eigenvalue weighted by atomic mass is 32.2. The van der Waals surface area contributed by atoms with Gasteiger partial charge in [-0.3, -0.25) is 0 Å². The number of benzene rings is 1. The van der Waals surface area contributed by atoms with Gasteiger partial charge in [0.05, 0.1) is 7.11 Å². The molecule has 140 valence electrons. The predicted molar refractivity (Wildman–Crippen MR) is 101 cm³/mol. The third-order valence-electron chi connectivity index (χ3n) is 4.92. The molecule has 2 heterocycles. The second-order valence-electron chi connectivity index (χ2n) is 6.60. The summed E-state index contributed by atoms with van der Waals surface area (Å²) in [5, 5.41) is 3.28. The molecule has 3 rings (SSSR count). The SMILES string of the molecule is COc1ccc(C2(CNc3ncccc3S(C)(=O)=O)CCOCC2)cc1. The maximum absolute atomic E-state index is 12.0. The molecule has 0 spiro atoms. The second-order valence-corrected chi connectivity index (χ2v) is 8.58. The number of ether oxygens (including phenoxy) is 2. The molecule has 7 heteroatoms. The van der Waals surface area contributed by atoms with Gasteiger partial charge in [0.2, 0.25) is 0 Å². The zero-order chi connectivity index (χ0) is 18.6. The quantitative estimate of drug-likeness (QED) is 0.835. The zero-order valence-corrected chi connectivity index (χ0v) is 15.9. The van der Waals surface area contributed by atoms with Crippen LogP contribution in [0.15, 0.2) is 47.5 Å². The summed E-state index contributed by atoms with van der Waals surface area (Å²) in [4.78, 5) is 4.46. The van der Waals surface area contributed by atoms with E-state index in [0.717, 1.165) is 18.6 Å². The Balaban J connectivity index is 1.88. The van der Waals surface area contributed by atoms with Crippen molar-refractivity contribution in [3.8, 4) is 5.75 Å². The number of aromatic nitrogens is 1. The molecule has 26 heavy (non-hydrogen) atoms. The standard InChI is InChI=1S/C19H24N2O4S/c1-24-16-7-5-15(6-8-16)19(9-12-25-13-10-19)14-21-18-17(26(2,22)23)4-3-11-20-18/h3-8,11H,9-10,12-14H2,1-2H3,(H,20,21). The Morgan fingerprint density at radius 1 is 1.19 bits per heavy atom. The van der Waals surface area contributed by atoms with Crippen LogP contribution in [0.1, 0.15) is 18.4 Å². The van der Waals surface area contributed by atoms with E-state index in [-0.39, 0.29) is 10.3 Å². The Hall–Kier alpha value is -2.12. The average Bonchev–Trinajstić information content (AvgIpc) is 2.67. The molecule has 0 radical (unpaired) electrons. The lowest BCUT2D eigenvalue weighted by molar-refractivity contribution is 0.0543. The average molecular weight is 376 g/mol. The first kappa shape index (κ1) is 18.7. The molecule has 1 fully saturated rings. The Kier molecular flexibility index (Phi) is 5.48. The Labute approximate surface area is 154 Å². The van der Waals surface area contributed by atoms with Crippen LogP contribution in [0.3, 0.4) is 0 Å². The monoisotopic (exact) mass is 376 g/mol. The van der Waals surface area contributed by atoms with Gasteiger partial charge in [-0.05, 0) is 42.7 Å². The molecule has 1 aliphatic rings. The molecular formula is C19H24N2O4S.